The highest BCUT2D eigenvalue weighted by molar-refractivity contribution is 6.33. The van der Waals surface area contributed by atoms with Gasteiger partial charge >= 0.3 is 0 Å². The minimum absolute atomic E-state index is 0.276. The predicted octanol–water partition coefficient (Wildman–Crippen LogP) is 2.91. The average Bonchev–Trinajstić information content (AvgIpc) is 2.55. The van der Waals surface area contributed by atoms with Gasteiger partial charge in [-0.15, -0.1) is 0 Å². The Bertz CT molecular complexity index is 381. The van der Waals surface area contributed by atoms with E-state index >= 15 is 0 Å². The van der Waals surface area contributed by atoms with Crippen LogP contribution < -0.4 is 5.73 Å². The summed E-state index contributed by atoms with van der Waals surface area (Å²) < 4.78 is 0. The topological polar surface area (TPSA) is 29.3 Å². The largest absolute Gasteiger partial charge is 0.326 e. The van der Waals surface area contributed by atoms with Crippen molar-refractivity contribution in [2.45, 2.75) is 32.0 Å². The molecule has 2 N–H and O–H groups in total. The predicted molar refractivity (Wildman–Crippen MR) is 68.9 cm³/mol. The Labute approximate surface area is 106 Å². The van der Waals surface area contributed by atoms with Crippen LogP contribution in [0.15, 0.2) is 18.2 Å². The maximum Gasteiger partial charge on any atom is 0.0452 e. The molecule has 0 radical (unpaired) electrons. The van der Waals surface area contributed by atoms with E-state index in [4.69, 9.17) is 28.9 Å². The maximum absolute atomic E-state index is 6.14. The van der Waals surface area contributed by atoms with E-state index in [0.717, 1.165) is 35.1 Å². The SMILES string of the molecule is CC1C(N)CCN1Cc1cc(Cl)ccc1Cl. The van der Waals surface area contributed by atoms with Crippen LogP contribution in [-0.2, 0) is 6.54 Å². The summed E-state index contributed by atoms with van der Waals surface area (Å²) in [5.74, 6) is 0. The lowest BCUT2D eigenvalue weighted by atomic mass is 10.1. The molecule has 2 rings (SSSR count). The van der Waals surface area contributed by atoms with E-state index in [1.165, 1.54) is 0 Å². The van der Waals surface area contributed by atoms with Crippen LogP contribution in [0.1, 0.15) is 18.9 Å². The lowest BCUT2D eigenvalue weighted by Crippen LogP contribution is -2.36. The van der Waals surface area contributed by atoms with Gasteiger partial charge in [-0.3, -0.25) is 4.90 Å². The van der Waals surface area contributed by atoms with Gasteiger partial charge in [0.1, 0.15) is 0 Å². The molecule has 0 aromatic heterocycles. The van der Waals surface area contributed by atoms with Gasteiger partial charge in [0.25, 0.3) is 0 Å². The molecule has 2 nitrogen and oxygen atoms in total. The van der Waals surface area contributed by atoms with Crippen LogP contribution in [0.5, 0.6) is 0 Å². The minimum atomic E-state index is 0.276. The van der Waals surface area contributed by atoms with Crippen molar-refractivity contribution in [1.82, 2.24) is 4.90 Å². The van der Waals surface area contributed by atoms with E-state index < -0.39 is 0 Å². The summed E-state index contributed by atoms with van der Waals surface area (Å²) in [5.41, 5.74) is 7.07. The molecular weight excluding hydrogens is 243 g/mol. The van der Waals surface area contributed by atoms with Gasteiger partial charge in [-0.2, -0.15) is 0 Å². The summed E-state index contributed by atoms with van der Waals surface area (Å²) in [7, 11) is 0. The molecule has 16 heavy (non-hydrogen) atoms. The molecule has 2 unspecified atom stereocenters. The van der Waals surface area contributed by atoms with E-state index in [0.29, 0.717) is 6.04 Å². The fourth-order valence-corrected chi connectivity index (χ4v) is 2.51. The summed E-state index contributed by atoms with van der Waals surface area (Å²) in [5, 5.41) is 1.51. The van der Waals surface area contributed by atoms with Gasteiger partial charge in [0.2, 0.25) is 0 Å². The van der Waals surface area contributed by atoms with Crippen molar-refractivity contribution in [3.05, 3.63) is 33.8 Å². The third-order valence-electron chi connectivity index (χ3n) is 3.33. The zero-order valence-electron chi connectivity index (χ0n) is 9.29. The third-order valence-corrected chi connectivity index (χ3v) is 3.93. The molecule has 1 saturated heterocycles. The molecule has 1 aliphatic heterocycles. The van der Waals surface area contributed by atoms with Crippen LogP contribution in [0.25, 0.3) is 0 Å². The van der Waals surface area contributed by atoms with Crippen molar-refractivity contribution >= 4 is 23.2 Å². The van der Waals surface area contributed by atoms with Gasteiger partial charge < -0.3 is 5.73 Å². The first kappa shape index (κ1) is 12.2. The van der Waals surface area contributed by atoms with Crippen LogP contribution in [0.3, 0.4) is 0 Å². The second-order valence-corrected chi connectivity index (χ2v) is 5.24. The molecule has 1 aliphatic rings. The number of likely N-dealkylation sites (tertiary alicyclic amines) is 1. The number of benzene rings is 1. The van der Waals surface area contributed by atoms with Crippen molar-refractivity contribution in [2.75, 3.05) is 6.54 Å². The lowest BCUT2D eigenvalue weighted by molar-refractivity contribution is 0.252. The molecule has 0 aliphatic carbocycles. The van der Waals surface area contributed by atoms with Crippen molar-refractivity contribution in [3.63, 3.8) is 0 Å². The monoisotopic (exact) mass is 258 g/mol. The van der Waals surface area contributed by atoms with Crippen molar-refractivity contribution in [3.8, 4) is 0 Å². The molecule has 1 heterocycles. The fraction of sp³-hybridized carbons (Fsp3) is 0.500. The molecule has 1 aromatic rings. The number of hydrogen-bond acceptors (Lipinski definition) is 2. The quantitative estimate of drug-likeness (QED) is 0.884. The molecule has 1 fully saturated rings. The van der Waals surface area contributed by atoms with Crippen LogP contribution in [0.2, 0.25) is 10.0 Å². The summed E-state index contributed by atoms with van der Waals surface area (Å²) in [6.45, 7) is 4.02. The molecular formula is C12H16Cl2N2. The van der Waals surface area contributed by atoms with Gasteiger partial charge in [-0.1, -0.05) is 23.2 Å². The van der Waals surface area contributed by atoms with Gasteiger partial charge in [0, 0.05) is 35.2 Å². The summed E-state index contributed by atoms with van der Waals surface area (Å²) in [4.78, 5) is 2.35. The number of nitrogens with zero attached hydrogens (tertiary/aromatic N) is 1. The van der Waals surface area contributed by atoms with E-state index in [-0.39, 0.29) is 6.04 Å². The third kappa shape index (κ3) is 2.51. The highest BCUT2D eigenvalue weighted by Gasteiger charge is 2.27. The smallest absolute Gasteiger partial charge is 0.0452 e. The standard InChI is InChI=1S/C12H16Cl2N2/c1-8-12(15)4-5-16(8)7-9-6-10(13)2-3-11(9)14/h2-3,6,8,12H,4-5,7,15H2,1H3. The zero-order valence-corrected chi connectivity index (χ0v) is 10.8. The summed E-state index contributed by atoms with van der Waals surface area (Å²) >= 11 is 12.1. The normalized spacial score (nSPS) is 26.2. The Balaban J connectivity index is 2.12. The molecule has 0 saturated carbocycles. The zero-order chi connectivity index (χ0) is 11.7. The summed E-state index contributed by atoms with van der Waals surface area (Å²) in [6.07, 6.45) is 1.05. The van der Waals surface area contributed by atoms with Crippen LogP contribution in [0, 0.1) is 0 Å². The Morgan fingerprint density at radius 1 is 1.44 bits per heavy atom. The number of nitrogens with two attached hydrogens (primary N) is 1. The second kappa shape index (κ2) is 4.92. The van der Waals surface area contributed by atoms with Crippen LogP contribution in [-0.4, -0.2) is 23.5 Å². The van der Waals surface area contributed by atoms with Crippen molar-refractivity contribution in [2.24, 2.45) is 5.73 Å². The second-order valence-electron chi connectivity index (χ2n) is 4.40. The highest BCUT2D eigenvalue weighted by atomic mass is 35.5. The van der Waals surface area contributed by atoms with Crippen LogP contribution >= 0.6 is 23.2 Å². The Morgan fingerprint density at radius 3 is 2.81 bits per heavy atom. The Kier molecular flexibility index (Phi) is 3.75. The average molecular weight is 259 g/mol. The Hall–Kier alpha value is -0.280. The molecule has 4 heteroatoms. The first-order valence-electron chi connectivity index (χ1n) is 5.51. The van der Waals surface area contributed by atoms with E-state index in [2.05, 4.69) is 11.8 Å². The van der Waals surface area contributed by atoms with Crippen molar-refractivity contribution < 1.29 is 0 Å². The summed E-state index contributed by atoms with van der Waals surface area (Å²) in [6, 6.07) is 6.28. The molecule has 0 bridgehead atoms. The highest BCUT2D eigenvalue weighted by Crippen LogP contribution is 2.25. The van der Waals surface area contributed by atoms with Gasteiger partial charge in [0.05, 0.1) is 0 Å². The molecule has 2 atom stereocenters. The maximum atomic E-state index is 6.14. The molecule has 0 amide bonds. The fourth-order valence-electron chi connectivity index (χ4n) is 2.14. The Morgan fingerprint density at radius 2 is 2.19 bits per heavy atom. The van der Waals surface area contributed by atoms with E-state index in [1.807, 2.05) is 18.2 Å². The van der Waals surface area contributed by atoms with Crippen molar-refractivity contribution in [1.29, 1.82) is 0 Å². The molecule has 88 valence electrons. The van der Waals surface area contributed by atoms with Gasteiger partial charge in [0.15, 0.2) is 0 Å². The minimum Gasteiger partial charge on any atom is -0.326 e. The van der Waals surface area contributed by atoms with Gasteiger partial charge in [-0.25, -0.2) is 0 Å². The van der Waals surface area contributed by atoms with E-state index in [9.17, 15) is 0 Å². The van der Waals surface area contributed by atoms with Gasteiger partial charge in [-0.05, 0) is 37.1 Å². The molecule has 1 aromatic carbocycles. The number of halogens is 2. The first-order chi connectivity index (χ1) is 7.58. The first-order valence-corrected chi connectivity index (χ1v) is 6.27. The number of hydrogen-bond donors (Lipinski definition) is 1. The van der Waals surface area contributed by atoms with Crippen LogP contribution in [0.4, 0.5) is 0 Å². The van der Waals surface area contributed by atoms with E-state index in [1.54, 1.807) is 0 Å². The molecule has 0 spiro atoms. The number of rotatable bonds is 2. The lowest BCUT2D eigenvalue weighted by Gasteiger charge is -2.23.